The van der Waals surface area contributed by atoms with E-state index in [9.17, 15) is 13.9 Å². The van der Waals surface area contributed by atoms with Gasteiger partial charge in [-0.3, -0.25) is 13.9 Å². The summed E-state index contributed by atoms with van der Waals surface area (Å²) < 4.78 is 19.8. The Hall–Kier alpha value is -1.99. The SMILES string of the molecule is NC(=O)c1cc(-c2ccc(Cl)cc2)cc2c(C3CCS(O)(O)CC3)c[nH]c12. The van der Waals surface area contributed by atoms with E-state index in [1.807, 2.05) is 30.5 Å². The molecule has 0 spiro atoms. The Kier molecular flexibility index (Phi) is 4.68. The summed E-state index contributed by atoms with van der Waals surface area (Å²) in [6.45, 7) is 0. The van der Waals surface area contributed by atoms with Crippen molar-refractivity contribution in [1.82, 2.24) is 4.98 Å². The van der Waals surface area contributed by atoms with Crippen molar-refractivity contribution in [2.45, 2.75) is 18.8 Å². The molecule has 7 heteroatoms. The quantitative estimate of drug-likeness (QED) is 0.481. The molecule has 2 aromatic carbocycles. The van der Waals surface area contributed by atoms with Crippen molar-refractivity contribution in [3.8, 4) is 11.1 Å². The normalized spacial score (nSPS) is 18.5. The van der Waals surface area contributed by atoms with Crippen molar-refractivity contribution in [3.05, 3.63) is 58.7 Å². The standard InChI is InChI=1S/C20H21ClN2O3S/c21-15-3-1-12(2-4-15)14-9-16-18(13-5-7-27(25,26)8-6-13)11-23-19(16)17(10-14)20(22)24/h1-4,9-11,13,23,25-26H,5-8H2,(H2,22,24). The van der Waals surface area contributed by atoms with E-state index >= 15 is 0 Å². The molecule has 1 aromatic heterocycles. The monoisotopic (exact) mass is 404 g/mol. The lowest BCUT2D eigenvalue weighted by Crippen LogP contribution is -2.19. The van der Waals surface area contributed by atoms with E-state index in [2.05, 4.69) is 11.1 Å². The fourth-order valence-corrected chi connectivity index (χ4v) is 5.47. The summed E-state index contributed by atoms with van der Waals surface area (Å²) in [6, 6.07) is 11.3. The number of hydrogen-bond donors (Lipinski definition) is 4. The topological polar surface area (TPSA) is 99.3 Å². The van der Waals surface area contributed by atoms with Gasteiger partial charge in [-0.05, 0) is 59.7 Å². The van der Waals surface area contributed by atoms with Gasteiger partial charge in [0.1, 0.15) is 0 Å². The van der Waals surface area contributed by atoms with Crippen molar-refractivity contribution >= 4 is 39.0 Å². The predicted octanol–water partition coefficient (Wildman–Crippen LogP) is 5.22. The van der Waals surface area contributed by atoms with Gasteiger partial charge in [0, 0.05) is 28.1 Å². The maximum atomic E-state index is 12.0. The molecule has 1 amide bonds. The summed E-state index contributed by atoms with van der Waals surface area (Å²) in [5.41, 5.74) is 9.75. The summed E-state index contributed by atoms with van der Waals surface area (Å²) in [5.74, 6) is 0.579. The van der Waals surface area contributed by atoms with Crippen molar-refractivity contribution in [3.63, 3.8) is 0 Å². The molecular formula is C20H21ClN2O3S. The highest BCUT2D eigenvalue weighted by atomic mass is 35.5. The number of nitrogens with one attached hydrogen (secondary N) is 1. The molecule has 0 saturated carbocycles. The lowest BCUT2D eigenvalue weighted by Gasteiger charge is -2.39. The van der Waals surface area contributed by atoms with Crippen LogP contribution in [-0.4, -0.2) is 31.5 Å². The van der Waals surface area contributed by atoms with Crippen LogP contribution in [0.15, 0.2) is 42.6 Å². The molecule has 27 heavy (non-hydrogen) atoms. The van der Waals surface area contributed by atoms with Gasteiger partial charge in [-0.25, -0.2) is 0 Å². The van der Waals surface area contributed by atoms with Gasteiger partial charge in [-0.2, -0.15) is 10.6 Å². The summed E-state index contributed by atoms with van der Waals surface area (Å²) in [7, 11) is -2.43. The number of primary amides is 1. The van der Waals surface area contributed by atoms with E-state index in [1.54, 1.807) is 6.07 Å². The Labute approximate surface area is 163 Å². The Bertz CT molecular complexity index is 1000. The Morgan fingerprint density at radius 1 is 1.11 bits per heavy atom. The third-order valence-corrected chi connectivity index (χ3v) is 7.32. The molecule has 1 aliphatic rings. The summed E-state index contributed by atoms with van der Waals surface area (Å²) >= 11 is 5.99. The summed E-state index contributed by atoms with van der Waals surface area (Å²) in [4.78, 5) is 15.2. The van der Waals surface area contributed by atoms with Gasteiger partial charge in [-0.15, -0.1) is 0 Å². The van der Waals surface area contributed by atoms with Crippen molar-refractivity contribution in [2.24, 2.45) is 5.73 Å². The number of benzene rings is 2. The number of amides is 1. The minimum absolute atomic E-state index is 0.222. The molecular weight excluding hydrogens is 384 g/mol. The molecule has 0 radical (unpaired) electrons. The number of fused-ring (bicyclic) bond motifs is 1. The average Bonchev–Trinajstić information content (AvgIpc) is 3.05. The smallest absolute Gasteiger partial charge is 0.250 e. The second-order valence-electron chi connectivity index (χ2n) is 7.05. The van der Waals surface area contributed by atoms with Gasteiger partial charge in [0.15, 0.2) is 0 Å². The maximum Gasteiger partial charge on any atom is 0.250 e. The number of carbonyl (C=O) groups is 1. The highest BCUT2D eigenvalue weighted by Gasteiger charge is 2.27. The number of aromatic nitrogens is 1. The number of carbonyl (C=O) groups excluding carboxylic acids is 1. The van der Waals surface area contributed by atoms with Gasteiger partial charge in [0.05, 0.1) is 11.1 Å². The number of halogens is 1. The fraction of sp³-hybridized carbons (Fsp3) is 0.250. The van der Waals surface area contributed by atoms with Crippen LogP contribution < -0.4 is 5.73 Å². The molecule has 0 bridgehead atoms. The number of rotatable bonds is 3. The predicted molar refractivity (Wildman–Crippen MR) is 112 cm³/mol. The van der Waals surface area contributed by atoms with Gasteiger partial charge in [0.25, 0.3) is 5.91 Å². The minimum Gasteiger partial charge on any atom is -0.366 e. The third kappa shape index (κ3) is 3.58. The molecule has 0 aliphatic carbocycles. The molecule has 2 heterocycles. The molecule has 142 valence electrons. The Balaban J connectivity index is 1.82. The molecule has 5 N–H and O–H groups in total. The zero-order valence-corrected chi connectivity index (χ0v) is 16.2. The van der Waals surface area contributed by atoms with Crippen LogP contribution in [0.25, 0.3) is 22.0 Å². The van der Waals surface area contributed by atoms with E-state index in [4.69, 9.17) is 17.3 Å². The lowest BCUT2D eigenvalue weighted by molar-refractivity contribution is 0.100. The van der Waals surface area contributed by atoms with Crippen LogP contribution in [0.1, 0.15) is 34.7 Å². The molecule has 0 unspecified atom stereocenters. The molecule has 1 aliphatic heterocycles. The highest BCUT2D eigenvalue weighted by molar-refractivity contribution is 8.24. The first-order valence-electron chi connectivity index (χ1n) is 8.78. The van der Waals surface area contributed by atoms with E-state index in [0.29, 0.717) is 34.9 Å². The number of H-pyrrole nitrogens is 1. The highest BCUT2D eigenvalue weighted by Crippen LogP contribution is 2.49. The van der Waals surface area contributed by atoms with Gasteiger partial charge in [0.2, 0.25) is 0 Å². The van der Waals surface area contributed by atoms with Gasteiger partial charge >= 0.3 is 0 Å². The summed E-state index contributed by atoms with van der Waals surface area (Å²) in [6.07, 6.45) is 3.35. The number of nitrogens with two attached hydrogens (primary N) is 1. The first kappa shape index (κ1) is 18.4. The van der Waals surface area contributed by atoms with E-state index in [-0.39, 0.29) is 5.92 Å². The van der Waals surface area contributed by atoms with Crippen LogP contribution >= 0.6 is 22.2 Å². The molecule has 3 aromatic rings. The molecule has 5 nitrogen and oxygen atoms in total. The van der Waals surface area contributed by atoms with E-state index in [1.165, 1.54) is 0 Å². The fourth-order valence-electron chi connectivity index (χ4n) is 3.81. The van der Waals surface area contributed by atoms with Crippen LogP contribution in [0.3, 0.4) is 0 Å². The van der Waals surface area contributed by atoms with Crippen LogP contribution in [0.5, 0.6) is 0 Å². The van der Waals surface area contributed by atoms with Crippen LogP contribution in [0.2, 0.25) is 5.02 Å². The zero-order chi connectivity index (χ0) is 19.2. The second-order valence-corrected chi connectivity index (χ2v) is 9.90. The lowest BCUT2D eigenvalue weighted by atomic mass is 9.91. The Morgan fingerprint density at radius 2 is 1.78 bits per heavy atom. The van der Waals surface area contributed by atoms with Crippen molar-refractivity contribution < 1.29 is 13.9 Å². The molecule has 0 atom stereocenters. The second kappa shape index (κ2) is 6.87. The average molecular weight is 405 g/mol. The first-order chi connectivity index (χ1) is 12.8. The Morgan fingerprint density at radius 3 is 2.41 bits per heavy atom. The number of aromatic amines is 1. The third-order valence-electron chi connectivity index (χ3n) is 5.29. The van der Waals surface area contributed by atoms with Gasteiger partial charge in [-0.1, -0.05) is 23.7 Å². The zero-order valence-electron chi connectivity index (χ0n) is 14.6. The maximum absolute atomic E-state index is 12.0. The summed E-state index contributed by atoms with van der Waals surface area (Å²) in [5, 5.41) is 1.61. The largest absolute Gasteiger partial charge is 0.366 e. The van der Waals surface area contributed by atoms with Crippen molar-refractivity contribution in [1.29, 1.82) is 0 Å². The van der Waals surface area contributed by atoms with Crippen LogP contribution in [0.4, 0.5) is 0 Å². The van der Waals surface area contributed by atoms with Gasteiger partial charge < -0.3 is 10.7 Å². The molecule has 1 fully saturated rings. The molecule has 1 saturated heterocycles. The van der Waals surface area contributed by atoms with E-state index in [0.717, 1.165) is 27.6 Å². The van der Waals surface area contributed by atoms with Crippen LogP contribution in [0, 0.1) is 0 Å². The number of hydrogen-bond acceptors (Lipinski definition) is 3. The minimum atomic E-state index is -2.43. The first-order valence-corrected chi connectivity index (χ1v) is 11.0. The molecule has 4 rings (SSSR count). The van der Waals surface area contributed by atoms with Crippen LogP contribution in [-0.2, 0) is 0 Å². The van der Waals surface area contributed by atoms with E-state index < -0.39 is 16.5 Å². The van der Waals surface area contributed by atoms with Crippen molar-refractivity contribution in [2.75, 3.05) is 11.5 Å².